The van der Waals surface area contributed by atoms with E-state index >= 15 is 0 Å². The zero-order valence-electron chi connectivity index (χ0n) is 14.4. The van der Waals surface area contributed by atoms with Crippen molar-refractivity contribution in [3.63, 3.8) is 0 Å². The molecule has 0 spiro atoms. The van der Waals surface area contributed by atoms with E-state index in [9.17, 15) is 9.18 Å². The van der Waals surface area contributed by atoms with E-state index in [2.05, 4.69) is 17.1 Å². The molecule has 0 aromatic heterocycles. The van der Waals surface area contributed by atoms with E-state index in [0.717, 1.165) is 44.5 Å². The maximum Gasteiger partial charge on any atom is 0.317 e. The Bertz CT molecular complexity index is 519. The van der Waals surface area contributed by atoms with Gasteiger partial charge in [-0.1, -0.05) is 19.4 Å². The second-order valence-corrected chi connectivity index (χ2v) is 6.25. The monoisotopic (exact) mass is 337 g/mol. The van der Waals surface area contributed by atoms with Crippen molar-refractivity contribution in [3.8, 4) is 0 Å². The van der Waals surface area contributed by atoms with Gasteiger partial charge in [-0.15, -0.1) is 0 Å². The highest BCUT2D eigenvalue weighted by molar-refractivity contribution is 5.74. The molecule has 2 N–H and O–H groups in total. The average molecular weight is 337 g/mol. The van der Waals surface area contributed by atoms with Crippen molar-refractivity contribution in [2.75, 3.05) is 37.7 Å². The molecule has 0 bridgehead atoms. The molecule has 1 aromatic rings. The standard InChI is InChI=1S/C18H28FN3O2/c1-2-3-9-22(12-13-23)18(24)20-16-7-10-21(11-8-16)17-6-4-5-15(19)14-17/h4-6,14,16,23H,2-3,7-13H2,1H3,(H,20,24). The minimum Gasteiger partial charge on any atom is -0.395 e. The van der Waals surface area contributed by atoms with Crippen LogP contribution in [0.25, 0.3) is 0 Å². The Hall–Kier alpha value is -1.82. The molecule has 0 saturated carbocycles. The number of hydrogen-bond acceptors (Lipinski definition) is 3. The first-order chi connectivity index (χ1) is 11.6. The summed E-state index contributed by atoms with van der Waals surface area (Å²) in [4.78, 5) is 16.2. The smallest absolute Gasteiger partial charge is 0.317 e. The SMILES string of the molecule is CCCCN(CCO)C(=O)NC1CCN(c2cccc(F)c2)CC1. The van der Waals surface area contributed by atoms with Crippen LogP contribution in [0.5, 0.6) is 0 Å². The molecule has 134 valence electrons. The van der Waals surface area contributed by atoms with Crippen LogP contribution < -0.4 is 10.2 Å². The average Bonchev–Trinajstić information content (AvgIpc) is 2.59. The molecular formula is C18H28FN3O2. The predicted molar refractivity (Wildman–Crippen MR) is 93.7 cm³/mol. The Kier molecular flexibility index (Phi) is 7.31. The molecular weight excluding hydrogens is 309 g/mol. The number of aliphatic hydroxyl groups excluding tert-OH is 1. The van der Waals surface area contributed by atoms with Gasteiger partial charge in [0.1, 0.15) is 5.82 Å². The molecule has 24 heavy (non-hydrogen) atoms. The van der Waals surface area contributed by atoms with E-state index in [4.69, 9.17) is 5.11 Å². The molecule has 1 saturated heterocycles. The number of anilines is 1. The topological polar surface area (TPSA) is 55.8 Å². The largest absolute Gasteiger partial charge is 0.395 e. The second-order valence-electron chi connectivity index (χ2n) is 6.25. The Morgan fingerprint density at radius 1 is 1.38 bits per heavy atom. The van der Waals surface area contributed by atoms with Crippen LogP contribution in [0, 0.1) is 5.82 Å². The summed E-state index contributed by atoms with van der Waals surface area (Å²) in [6, 6.07) is 6.66. The van der Waals surface area contributed by atoms with Gasteiger partial charge in [0.2, 0.25) is 0 Å². The van der Waals surface area contributed by atoms with Crippen LogP contribution in [-0.2, 0) is 0 Å². The van der Waals surface area contributed by atoms with Crippen molar-refractivity contribution in [2.24, 2.45) is 0 Å². The Labute approximate surface area is 143 Å². The van der Waals surface area contributed by atoms with E-state index in [1.807, 2.05) is 6.07 Å². The summed E-state index contributed by atoms with van der Waals surface area (Å²) in [6.07, 6.45) is 3.62. The number of urea groups is 1. The van der Waals surface area contributed by atoms with E-state index in [1.54, 1.807) is 17.0 Å². The van der Waals surface area contributed by atoms with E-state index in [-0.39, 0.29) is 24.5 Å². The molecule has 6 heteroatoms. The third-order valence-corrected chi connectivity index (χ3v) is 4.43. The van der Waals surface area contributed by atoms with E-state index in [1.165, 1.54) is 6.07 Å². The van der Waals surface area contributed by atoms with Crippen molar-refractivity contribution in [1.29, 1.82) is 0 Å². The number of unbranched alkanes of at least 4 members (excludes halogenated alkanes) is 1. The summed E-state index contributed by atoms with van der Waals surface area (Å²) in [5.74, 6) is -0.224. The highest BCUT2D eigenvalue weighted by Gasteiger charge is 2.23. The molecule has 0 radical (unpaired) electrons. The summed E-state index contributed by atoms with van der Waals surface area (Å²) in [5.41, 5.74) is 0.893. The lowest BCUT2D eigenvalue weighted by atomic mass is 10.0. The van der Waals surface area contributed by atoms with Crippen LogP contribution in [0.1, 0.15) is 32.6 Å². The number of carbonyl (C=O) groups excluding carboxylic acids is 1. The first kappa shape index (κ1) is 18.5. The van der Waals surface area contributed by atoms with Crippen molar-refractivity contribution in [2.45, 2.75) is 38.6 Å². The van der Waals surface area contributed by atoms with Crippen molar-refractivity contribution in [3.05, 3.63) is 30.1 Å². The summed E-state index contributed by atoms with van der Waals surface area (Å²) in [7, 11) is 0. The van der Waals surface area contributed by atoms with Crippen LogP contribution in [0.2, 0.25) is 0 Å². The van der Waals surface area contributed by atoms with Crippen molar-refractivity contribution in [1.82, 2.24) is 10.2 Å². The second kappa shape index (κ2) is 9.47. The molecule has 0 atom stereocenters. The van der Waals surface area contributed by atoms with Crippen LogP contribution in [0.3, 0.4) is 0 Å². The van der Waals surface area contributed by atoms with Crippen LogP contribution in [0.4, 0.5) is 14.9 Å². The number of piperidine rings is 1. The third kappa shape index (κ3) is 5.37. The van der Waals surface area contributed by atoms with Gasteiger partial charge in [0.05, 0.1) is 6.61 Å². The molecule has 1 aliphatic heterocycles. The third-order valence-electron chi connectivity index (χ3n) is 4.43. The van der Waals surface area contributed by atoms with Gasteiger partial charge in [0.15, 0.2) is 0 Å². The Morgan fingerprint density at radius 3 is 2.75 bits per heavy atom. The number of aliphatic hydroxyl groups is 1. The summed E-state index contributed by atoms with van der Waals surface area (Å²) in [6.45, 7) is 4.69. The van der Waals surface area contributed by atoms with E-state index < -0.39 is 0 Å². The number of carbonyl (C=O) groups is 1. The molecule has 1 fully saturated rings. The molecule has 2 amide bonds. The summed E-state index contributed by atoms with van der Waals surface area (Å²) >= 11 is 0. The van der Waals surface area contributed by atoms with Gasteiger partial charge in [-0.05, 0) is 37.5 Å². The van der Waals surface area contributed by atoms with Gasteiger partial charge in [0.25, 0.3) is 0 Å². The fraction of sp³-hybridized carbons (Fsp3) is 0.611. The first-order valence-corrected chi connectivity index (χ1v) is 8.81. The first-order valence-electron chi connectivity index (χ1n) is 8.81. The Morgan fingerprint density at radius 2 is 2.12 bits per heavy atom. The van der Waals surface area contributed by atoms with Gasteiger partial charge in [-0.3, -0.25) is 0 Å². The molecule has 1 aliphatic rings. The van der Waals surface area contributed by atoms with E-state index in [0.29, 0.717) is 13.1 Å². The van der Waals surface area contributed by atoms with Crippen LogP contribution >= 0.6 is 0 Å². The zero-order valence-corrected chi connectivity index (χ0v) is 14.4. The predicted octanol–water partition coefficient (Wildman–Crippen LogP) is 2.60. The van der Waals surface area contributed by atoms with Gasteiger partial charge < -0.3 is 20.2 Å². The zero-order chi connectivity index (χ0) is 17.4. The molecule has 1 heterocycles. The fourth-order valence-electron chi connectivity index (χ4n) is 3.01. The lowest BCUT2D eigenvalue weighted by Gasteiger charge is -2.35. The molecule has 2 rings (SSSR count). The minimum absolute atomic E-state index is 0.0187. The number of hydrogen-bond donors (Lipinski definition) is 2. The fourth-order valence-corrected chi connectivity index (χ4v) is 3.01. The number of halogens is 1. The van der Waals surface area contributed by atoms with Crippen molar-refractivity contribution < 1.29 is 14.3 Å². The van der Waals surface area contributed by atoms with Gasteiger partial charge >= 0.3 is 6.03 Å². The molecule has 1 aromatic carbocycles. The Balaban J connectivity index is 1.82. The maximum atomic E-state index is 13.3. The molecule has 0 unspecified atom stereocenters. The minimum atomic E-state index is -0.224. The molecule has 5 nitrogen and oxygen atoms in total. The highest BCUT2D eigenvalue weighted by Crippen LogP contribution is 2.20. The number of nitrogens with zero attached hydrogens (tertiary/aromatic N) is 2. The summed E-state index contributed by atoms with van der Waals surface area (Å²) < 4.78 is 13.3. The molecule has 0 aliphatic carbocycles. The van der Waals surface area contributed by atoms with Gasteiger partial charge in [-0.2, -0.15) is 0 Å². The van der Waals surface area contributed by atoms with Crippen LogP contribution in [-0.4, -0.2) is 54.9 Å². The lowest BCUT2D eigenvalue weighted by Crippen LogP contribution is -2.50. The highest BCUT2D eigenvalue weighted by atomic mass is 19.1. The number of rotatable bonds is 7. The number of benzene rings is 1. The summed E-state index contributed by atoms with van der Waals surface area (Å²) in [5, 5.41) is 12.2. The number of amides is 2. The van der Waals surface area contributed by atoms with Gasteiger partial charge in [-0.25, -0.2) is 9.18 Å². The normalized spacial score (nSPS) is 15.4. The maximum absolute atomic E-state index is 13.3. The lowest BCUT2D eigenvalue weighted by molar-refractivity contribution is 0.171. The van der Waals surface area contributed by atoms with Crippen molar-refractivity contribution >= 4 is 11.7 Å². The quantitative estimate of drug-likeness (QED) is 0.804. The number of nitrogens with one attached hydrogen (secondary N) is 1. The van der Waals surface area contributed by atoms with Gasteiger partial charge in [0, 0.05) is 37.9 Å². The van der Waals surface area contributed by atoms with Crippen LogP contribution in [0.15, 0.2) is 24.3 Å².